The van der Waals surface area contributed by atoms with Crippen LogP contribution in [-0.2, 0) is 31.0 Å². The highest BCUT2D eigenvalue weighted by Crippen LogP contribution is 2.19. The second-order valence-electron chi connectivity index (χ2n) is 8.96. The monoisotopic (exact) mass is 483 g/mol. The molecule has 5 rings (SSSR count). The van der Waals surface area contributed by atoms with E-state index in [1.807, 2.05) is 48.5 Å². The zero-order valence-electron chi connectivity index (χ0n) is 20.6. The van der Waals surface area contributed by atoms with Gasteiger partial charge in [0.05, 0.1) is 13.2 Å². The van der Waals surface area contributed by atoms with Crippen molar-refractivity contribution in [2.24, 2.45) is 0 Å². The van der Waals surface area contributed by atoms with Gasteiger partial charge in [0, 0.05) is 32.7 Å². The molecule has 7 nitrogen and oxygen atoms in total. The first-order valence-electron chi connectivity index (χ1n) is 12.6. The third-order valence-electron chi connectivity index (χ3n) is 6.38. The van der Waals surface area contributed by atoms with Crippen LogP contribution in [0.1, 0.15) is 17.0 Å². The van der Waals surface area contributed by atoms with Crippen LogP contribution in [0.4, 0.5) is 5.95 Å². The van der Waals surface area contributed by atoms with Gasteiger partial charge in [0.2, 0.25) is 5.95 Å². The second-order valence-corrected chi connectivity index (χ2v) is 8.96. The first-order valence-corrected chi connectivity index (χ1v) is 12.6. The number of rotatable bonds is 11. The fraction of sp³-hybridized carbons (Fsp3) is 0.310. The van der Waals surface area contributed by atoms with Gasteiger partial charge >= 0.3 is 0 Å². The molecule has 1 fully saturated rings. The summed E-state index contributed by atoms with van der Waals surface area (Å²) < 4.78 is 14.1. The van der Waals surface area contributed by atoms with E-state index in [2.05, 4.69) is 67.0 Å². The fourth-order valence-electron chi connectivity index (χ4n) is 4.45. The molecule has 0 amide bonds. The Labute approximate surface area is 212 Å². The molecule has 0 bridgehead atoms. The molecule has 0 saturated carbocycles. The summed E-state index contributed by atoms with van der Waals surface area (Å²) in [5.74, 6) is 2.58. The van der Waals surface area contributed by atoms with Gasteiger partial charge in [0.25, 0.3) is 0 Å². The Morgan fingerprint density at radius 1 is 0.667 bits per heavy atom. The van der Waals surface area contributed by atoms with E-state index in [0.29, 0.717) is 26.4 Å². The quantitative estimate of drug-likeness (QED) is 0.315. The van der Waals surface area contributed by atoms with Crippen molar-refractivity contribution in [2.75, 3.05) is 37.7 Å². The van der Waals surface area contributed by atoms with Gasteiger partial charge in [-0.05, 0) is 23.3 Å². The number of anilines is 1. The Bertz CT molecular complexity index is 1180. The second kappa shape index (κ2) is 12.3. The highest BCUT2D eigenvalue weighted by molar-refractivity contribution is 5.32. The molecule has 4 aromatic rings. The van der Waals surface area contributed by atoms with Crippen molar-refractivity contribution >= 4 is 5.95 Å². The Balaban J connectivity index is 1.23. The van der Waals surface area contributed by atoms with Crippen molar-refractivity contribution < 1.29 is 9.47 Å². The van der Waals surface area contributed by atoms with Crippen molar-refractivity contribution in [1.29, 1.82) is 0 Å². The van der Waals surface area contributed by atoms with Crippen molar-refractivity contribution in [3.8, 4) is 5.75 Å². The van der Waals surface area contributed by atoms with E-state index < -0.39 is 0 Å². The van der Waals surface area contributed by atoms with Crippen molar-refractivity contribution in [1.82, 2.24) is 19.7 Å². The van der Waals surface area contributed by atoms with Crippen molar-refractivity contribution in [3.63, 3.8) is 0 Å². The van der Waals surface area contributed by atoms with E-state index in [4.69, 9.17) is 9.47 Å². The lowest BCUT2D eigenvalue weighted by atomic mass is 10.2. The molecular weight excluding hydrogens is 450 g/mol. The Hall–Kier alpha value is -3.68. The van der Waals surface area contributed by atoms with Crippen LogP contribution in [0, 0.1) is 0 Å². The minimum absolute atomic E-state index is 0.404. The van der Waals surface area contributed by atoms with Gasteiger partial charge < -0.3 is 14.4 Å². The molecule has 1 aliphatic heterocycles. The molecule has 0 radical (unpaired) electrons. The zero-order valence-corrected chi connectivity index (χ0v) is 20.6. The van der Waals surface area contributed by atoms with Gasteiger partial charge in [-0.3, -0.25) is 9.47 Å². The van der Waals surface area contributed by atoms with Crippen LogP contribution in [-0.4, -0.2) is 52.5 Å². The van der Waals surface area contributed by atoms with Gasteiger partial charge in [-0.25, -0.2) is 0 Å². The van der Waals surface area contributed by atoms with Crippen LogP contribution in [0.2, 0.25) is 0 Å². The molecule has 186 valence electrons. The number of hydrogen-bond acceptors (Lipinski definition) is 6. The van der Waals surface area contributed by atoms with E-state index in [0.717, 1.165) is 55.8 Å². The molecule has 2 heterocycles. The van der Waals surface area contributed by atoms with Crippen molar-refractivity contribution in [2.45, 2.75) is 26.3 Å². The average molecular weight is 484 g/mol. The maximum Gasteiger partial charge on any atom is 0.227 e. The smallest absolute Gasteiger partial charge is 0.227 e. The molecule has 3 aromatic carbocycles. The molecule has 7 heteroatoms. The highest BCUT2D eigenvalue weighted by Gasteiger charge is 2.23. The molecule has 0 spiro atoms. The van der Waals surface area contributed by atoms with E-state index in [-0.39, 0.29) is 0 Å². The van der Waals surface area contributed by atoms with Crippen LogP contribution < -0.4 is 9.64 Å². The predicted octanol–water partition coefficient (Wildman–Crippen LogP) is 4.40. The third-order valence-corrected chi connectivity index (χ3v) is 6.38. The van der Waals surface area contributed by atoms with Crippen LogP contribution >= 0.6 is 0 Å². The molecule has 1 saturated heterocycles. The maximum atomic E-state index is 6.00. The molecule has 1 aliphatic rings. The summed E-state index contributed by atoms with van der Waals surface area (Å²) in [5, 5.41) is 9.10. The van der Waals surface area contributed by atoms with Gasteiger partial charge in [-0.1, -0.05) is 78.9 Å². The maximum absolute atomic E-state index is 6.00. The van der Waals surface area contributed by atoms with E-state index in [9.17, 15) is 0 Å². The SMILES string of the molecule is c1ccc(COCc2nnc(N3CCN(Cc4ccccc4)CC3)n2CCOc2ccccc2)cc1. The normalized spacial score (nSPS) is 14.2. The number of piperazine rings is 1. The number of benzene rings is 3. The average Bonchev–Trinajstić information content (AvgIpc) is 3.33. The summed E-state index contributed by atoms with van der Waals surface area (Å²) in [6.45, 7) is 6.92. The van der Waals surface area contributed by atoms with Gasteiger partial charge in [0.1, 0.15) is 19.0 Å². The number of nitrogens with zero attached hydrogens (tertiary/aromatic N) is 5. The highest BCUT2D eigenvalue weighted by atomic mass is 16.5. The first-order chi connectivity index (χ1) is 17.8. The predicted molar refractivity (Wildman–Crippen MR) is 141 cm³/mol. The third kappa shape index (κ3) is 6.50. The largest absolute Gasteiger partial charge is 0.492 e. The molecular formula is C29H33N5O2. The van der Waals surface area contributed by atoms with E-state index >= 15 is 0 Å². The van der Waals surface area contributed by atoms with Gasteiger partial charge in [-0.15, -0.1) is 10.2 Å². The fourth-order valence-corrected chi connectivity index (χ4v) is 4.45. The van der Waals surface area contributed by atoms with Crippen molar-refractivity contribution in [3.05, 3.63) is 108 Å². The molecule has 36 heavy (non-hydrogen) atoms. The summed E-state index contributed by atoms with van der Waals surface area (Å²) in [5.41, 5.74) is 2.50. The van der Waals surface area contributed by atoms with Crippen LogP contribution in [0.25, 0.3) is 0 Å². The molecule has 0 unspecified atom stereocenters. The van der Waals surface area contributed by atoms with Crippen LogP contribution in [0.5, 0.6) is 5.75 Å². The minimum atomic E-state index is 0.404. The molecule has 1 aromatic heterocycles. The first kappa shape index (κ1) is 24.0. The molecule has 0 aliphatic carbocycles. The van der Waals surface area contributed by atoms with E-state index in [1.165, 1.54) is 5.56 Å². The minimum Gasteiger partial charge on any atom is -0.492 e. The van der Waals surface area contributed by atoms with Crippen LogP contribution in [0.3, 0.4) is 0 Å². The Morgan fingerprint density at radius 2 is 1.31 bits per heavy atom. The topological polar surface area (TPSA) is 55.7 Å². The summed E-state index contributed by atoms with van der Waals surface area (Å²) in [7, 11) is 0. The molecule has 0 N–H and O–H groups in total. The van der Waals surface area contributed by atoms with Gasteiger partial charge in [0.15, 0.2) is 5.82 Å². The summed E-state index contributed by atoms with van der Waals surface area (Å²) >= 11 is 0. The lowest BCUT2D eigenvalue weighted by Crippen LogP contribution is -2.47. The standard InChI is InChI=1S/C29H33N5O2/c1-4-10-25(11-5-1)22-32-16-18-33(19-17-32)29-31-30-28(24-35-23-26-12-6-2-7-13-26)34(29)20-21-36-27-14-8-3-9-15-27/h1-15H,16-24H2. The molecule has 0 atom stereocenters. The lowest BCUT2D eigenvalue weighted by molar-refractivity contribution is 0.0984. The lowest BCUT2D eigenvalue weighted by Gasteiger charge is -2.35. The van der Waals surface area contributed by atoms with E-state index in [1.54, 1.807) is 0 Å². The van der Waals surface area contributed by atoms with Gasteiger partial charge in [-0.2, -0.15) is 0 Å². The number of hydrogen-bond donors (Lipinski definition) is 0. The zero-order chi connectivity index (χ0) is 24.4. The number of ether oxygens (including phenoxy) is 2. The Morgan fingerprint density at radius 3 is 2.00 bits per heavy atom. The summed E-state index contributed by atoms with van der Waals surface area (Å²) in [4.78, 5) is 4.83. The summed E-state index contributed by atoms with van der Waals surface area (Å²) in [6.07, 6.45) is 0. The van der Waals surface area contributed by atoms with Crippen LogP contribution in [0.15, 0.2) is 91.0 Å². The Kier molecular flexibility index (Phi) is 8.23. The number of aromatic nitrogens is 3. The summed E-state index contributed by atoms with van der Waals surface area (Å²) in [6, 6.07) is 30.8. The number of para-hydroxylation sites is 1.